The van der Waals surface area contributed by atoms with Gasteiger partial charge in [0.05, 0.1) is 32.6 Å². The molecule has 3 aromatic carbocycles. The van der Waals surface area contributed by atoms with E-state index in [1.54, 1.807) is 18.2 Å². The summed E-state index contributed by atoms with van der Waals surface area (Å²) in [5.41, 5.74) is 5.32. The monoisotopic (exact) mass is 507 g/mol. The standard InChI is InChI=1S/C27H20Cl3N3O/c28-17-12-14-22-19(15-17)18(6-3-10-25(34)32-23-9-4-7-20(29)26(23)30)27(33-22)24-13-11-16-5-1-2-8-21(16)31-24/h1-2,4-5,7-9,11-15,33H,3,6,10H2,(H,32,34). The van der Waals surface area contributed by atoms with E-state index in [-0.39, 0.29) is 5.91 Å². The van der Waals surface area contributed by atoms with E-state index < -0.39 is 0 Å². The molecule has 34 heavy (non-hydrogen) atoms. The number of aryl methyl sites for hydroxylation is 1. The highest BCUT2D eigenvalue weighted by Crippen LogP contribution is 2.33. The second-order valence-corrected chi connectivity index (χ2v) is 9.28. The molecule has 0 radical (unpaired) electrons. The third-order valence-corrected chi connectivity index (χ3v) is 6.83. The van der Waals surface area contributed by atoms with Crippen LogP contribution in [0.4, 0.5) is 5.69 Å². The van der Waals surface area contributed by atoms with Crippen LogP contribution in [0.1, 0.15) is 18.4 Å². The molecule has 0 fully saturated rings. The highest BCUT2D eigenvalue weighted by molar-refractivity contribution is 6.44. The minimum absolute atomic E-state index is 0.118. The van der Waals surface area contributed by atoms with Crippen molar-refractivity contribution in [3.8, 4) is 11.4 Å². The Labute approximate surface area is 211 Å². The number of carbonyl (C=O) groups is 1. The van der Waals surface area contributed by atoms with Crippen LogP contribution in [0.25, 0.3) is 33.2 Å². The summed E-state index contributed by atoms with van der Waals surface area (Å²) in [6.07, 6.45) is 1.66. The molecule has 2 N–H and O–H groups in total. The normalized spacial score (nSPS) is 11.3. The molecular formula is C27H20Cl3N3O. The summed E-state index contributed by atoms with van der Waals surface area (Å²) in [4.78, 5) is 20.9. The Morgan fingerprint density at radius 3 is 2.68 bits per heavy atom. The predicted octanol–water partition coefficient (Wildman–Crippen LogP) is 8.30. The number of H-pyrrole nitrogens is 1. The number of halogens is 3. The first kappa shape index (κ1) is 22.7. The highest BCUT2D eigenvalue weighted by atomic mass is 35.5. The molecule has 7 heteroatoms. The van der Waals surface area contributed by atoms with Crippen LogP contribution in [0.5, 0.6) is 0 Å². The predicted molar refractivity (Wildman–Crippen MR) is 142 cm³/mol. The lowest BCUT2D eigenvalue weighted by Gasteiger charge is -2.09. The lowest BCUT2D eigenvalue weighted by molar-refractivity contribution is -0.116. The van der Waals surface area contributed by atoms with Crippen LogP contribution in [0.2, 0.25) is 15.1 Å². The fraction of sp³-hybridized carbons (Fsp3) is 0.111. The summed E-state index contributed by atoms with van der Waals surface area (Å²) in [5.74, 6) is -0.118. The minimum atomic E-state index is -0.118. The Hall–Kier alpha value is -3.05. The van der Waals surface area contributed by atoms with E-state index in [9.17, 15) is 4.79 Å². The van der Waals surface area contributed by atoms with Crippen molar-refractivity contribution in [2.45, 2.75) is 19.3 Å². The van der Waals surface area contributed by atoms with E-state index in [2.05, 4.69) is 16.4 Å². The molecule has 0 spiro atoms. The second-order valence-electron chi connectivity index (χ2n) is 8.06. The smallest absolute Gasteiger partial charge is 0.224 e. The number of pyridine rings is 1. The van der Waals surface area contributed by atoms with Crippen LogP contribution in [0.15, 0.2) is 72.8 Å². The summed E-state index contributed by atoms with van der Waals surface area (Å²) in [6, 6.07) is 23.1. The number of benzene rings is 3. The molecule has 0 atom stereocenters. The van der Waals surface area contributed by atoms with Crippen LogP contribution >= 0.6 is 34.8 Å². The van der Waals surface area contributed by atoms with Gasteiger partial charge in [0.2, 0.25) is 5.91 Å². The first-order chi connectivity index (χ1) is 16.5. The van der Waals surface area contributed by atoms with E-state index in [1.807, 2.05) is 48.5 Å². The van der Waals surface area contributed by atoms with Crippen LogP contribution in [0, 0.1) is 0 Å². The number of amides is 1. The summed E-state index contributed by atoms with van der Waals surface area (Å²) in [5, 5.41) is 6.38. The number of aromatic nitrogens is 2. The van der Waals surface area contributed by atoms with Gasteiger partial charge in [-0.2, -0.15) is 0 Å². The fourth-order valence-corrected chi connectivity index (χ4v) is 4.66. The van der Waals surface area contributed by atoms with Gasteiger partial charge < -0.3 is 10.3 Å². The number of fused-ring (bicyclic) bond motifs is 2. The van der Waals surface area contributed by atoms with Crippen molar-refractivity contribution in [1.82, 2.24) is 9.97 Å². The maximum Gasteiger partial charge on any atom is 0.224 e. The van der Waals surface area contributed by atoms with Gasteiger partial charge in [-0.05, 0) is 60.9 Å². The van der Waals surface area contributed by atoms with Crippen LogP contribution in [-0.4, -0.2) is 15.9 Å². The Morgan fingerprint density at radius 2 is 1.79 bits per heavy atom. The molecular weight excluding hydrogens is 489 g/mol. The van der Waals surface area contributed by atoms with Crippen molar-refractivity contribution in [2.75, 3.05) is 5.32 Å². The van der Waals surface area contributed by atoms with Gasteiger partial charge in [0.1, 0.15) is 0 Å². The molecule has 0 saturated carbocycles. The van der Waals surface area contributed by atoms with Gasteiger partial charge in [-0.15, -0.1) is 0 Å². The van der Waals surface area contributed by atoms with Gasteiger partial charge >= 0.3 is 0 Å². The number of para-hydroxylation sites is 1. The maximum atomic E-state index is 12.6. The van der Waals surface area contributed by atoms with E-state index in [4.69, 9.17) is 39.8 Å². The molecule has 5 rings (SSSR count). The molecule has 0 bridgehead atoms. The van der Waals surface area contributed by atoms with Gasteiger partial charge in [-0.1, -0.05) is 65.1 Å². The number of nitrogens with zero attached hydrogens (tertiary/aromatic N) is 1. The Bertz CT molecular complexity index is 1530. The summed E-state index contributed by atoms with van der Waals surface area (Å²) in [7, 11) is 0. The van der Waals surface area contributed by atoms with Gasteiger partial charge in [-0.3, -0.25) is 4.79 Å². The van der Waals surface area contributed by atoms with Crippen molar-refractivity contribution < 1.29 is 4.79 Å². The van der Waals surface area contributed by atoms with Gasteiger partial charge in [0.25, 0.3) is 0 Å². The number of hydrogen-bond acceptors (Lipinski definition) is 2. The summed E-state index contributed by atoms with van der Waals surface area (Å²) >= 11 is 18.5. The zero-order valence-electron chi connectivity index (χ0n) is 18.0. The zero-order valence-corrected chi connectivity index (χ0v) is 20.3. The van der Waals surface area contributed by atoms with Crippen molar-refractivity contribution in [3.63, 3.8) is 0 Å². The summed E-state index contributed by atoms with van der Waals surface area (Å²) in [6.45, 7) is 0. The number of hydrogen-bond donors (Lipinski definition) is 2. The van der Waals surface area contributed by atoms with Crippen LogP contribution < -0.4 is 5.32 Å². The molecule has 0 saturated heterocycles. The number of anilines is 1. The number of aromatic amines is 1. The third-order valence-electron chi connectivity index (χ3n) is 5.78. The highest BCUT2D eigenvalue weighted by Gasteiger charge is 2.16. The van der Waals surface area contributed by atoms with Gasteiger partial charge in [-0.25, -0.2) is 4.98 Å². The van der Waals surface area contributed by atoms with Crippen molar-refractivity contribution in [3.05, 3.63) is 93.4 Å². The Morgan fingerprint density at radius 1 is 0.941 bits per heavy atom. The lowest BCUT2D eigenvalue weighted by Crippen LogP contribution is -2.12. The Kier molecular flexibility index (Phi) is 6.46. The molecule has 2 heterocycles. The topological polar surface area (TPSA) is 57.8 Å². The van der Waals surface area contributed by atoms with E-state index in [0.29, 0.717) is 40.0 Å². The Balaban J connectivity index is 1.41. The van der Waals surface area contributed by atoms with Crippen LogP contribution in [0.3, 0.4) is 0 Å². The quantitative estimate of drug-likeness (QED) is 0.242. The van der Waals surface area contributed by atoms with Crippen molar-refractivity contribution >= 4 is 68.2 Å². The molecule has 2 aromatic heterocycles. The molecule has 1 amide bonds. The molecule has 0 unspecified atom stereocenters. The van der Waals surface area contributed by atoms with E-state index in [0.717, 1.165) is 38.8 Å². The first-order valence-electron chi connectivity index (χ1n) is 10.9. The molecule has 0 aliphatic heterocycles. The molecule has 0 aliphatic rings. The second kappa shape index (κ2) is 9.67. The molecule has 0 aliphatic carbocycles. The van der Waals surface area contributed by atoms with Crippen LogP contribution in [-0.2, 0) is 11.2 Å². The van der Waals surface area contributed by atoms with E-state index in [1.165, 1.54) is 0 Å². The average molecular weight is 509 g/mol. The van der Waals surface area contributed by atoms with Gasteiger partial charge in [0, 0.05) is 27.7 Å². The summed E-state index contributed by atoms with van der Waals surface area (Å²) < 4.78 is 0. The van der Waals surface area contributed by atoms with E-state index >= 15 is 0 Å². The number of rotatable bonds is 6. The first-order valence-corrected chi connectivity index (χ1v) is 12.0. The van der Waals surface area contributed by atoms with Crippen molar-refractivity contribution in [2.24, 2.45) is 0 Å². The minimum Gasteiger partial charge on any atom is -0.353 e. The number of carbonyl (C=O) groups excluding carboxylic acids is 1. The SMILES string of the molecule is O=C(CCCc1c(-c2ccc3ccccc3n2)[nH]c2ccc(Cl)cc12)Nc1cccc(Cl)c1Cl. The van der Waals surface area contributed by atoms with Gasteiger partial charge in [0.15, 0.2) is 0 Å². The maximum absolute atomic E-state index is 12.6. The average Bonchev–Trinajstić information content (AvgIpc) is 3.19. The zero-order chi connectivity index (χ0) is 23.7. The molecule has 4 nitrogen and oxygen atoms in total. The lowest BCUT2D eigenvalue weighted by atomic mass is 10.0. The fourth-order valence-electron chi connectivity index (χ4n) is 4.14. The van der Waals surface area contributed by atoms with Crippen molar-refractivity contribution in [1.29, 1.82) is 0 Å². The largest absolute Gasteiger partial charge is 0.353 e. The third kappa shape index (κ3) is 4.62. The molecule has 170 valence electrons. The number of nitrogens with one attached hydrogen (secondary N) is 2. The molecule has 5 aromatic rings.